The van der Waals surface area contributed by atoms with Crippen molar-refractivity contribution in [3.05, 3.63) is 59.7 Å². The number of rotatable bonds is 6. The van der Waals surface area contributed by atoms with Gasteiger partial charge in [-0.15, -0.1) is 0 Å². The SMILES string of the molecule is Cc1cc(C)n(-c2cncc(N(C)Cc3cccc(OC(C)C)c3)n2)n1. The highest BCUT2D eigenvalue weighted by Gasteiger charge is 2.10. The summed E-state index contributed by atoms with van der Waals surface area (Å²) >= 11 is 0. The molecule has 3 aromatic rings. The van der Waals surface area contributed by atoms with Crippen LogP contribution in [0.1, 0.15) is 30.8 Å². The lowest BCUT2D eigenvalue weighted by molar-refractivity contribution is 0.242. The number of aryl methyl sites for hydroxylation is 2. The first-order valence-electron chi connectivity index (χ1n) is 8.75. The molecule has 0 N–H and O–H groups in total. The van der Waals surface area contributed by atoms with Gasteiger partial charge in [-0.2, -0.15) is 5.10 Å². The first kappa shape index (κ1) is 17.9. The van der Waals surface area contributed by atoms with Crippen molar-refractivity contribution >= 4 is 5.82 Å². The van der Waals surface area contributed by atoms with E-state index >= 15 is 0 Å². The predicted octanol–water partition coefficient (Wildman–Crippen LogP) is 3.70. The Hall–Kier alpha value is -2.89. The van der Waals surface area contributed by atoms with Crippen LogP contribution in [-0.4, -0.2) is 32.9 Å². The van der Waals surface area contributed by atoms with E-state index in [0.717, 1.165) is 34.3 Å². The average Bonchev–Trinajstić information content (AvgIpc) is 2.93. The second kappa shape index (κ2) is 7.56. The summed E-state index contributed by atoms with van der Waals surface area (Å²) in [6.45, 7) is 8.75. The van der Waals surface area contributed by atoms with Crippen LogP contribution in [0.5, 0.6) is 5.75 Å². The topological polar surface area (TPSA) is 56.1 Å². The van der Waals surface area contributed by atoms with Gasteiger partial charge in [-0.25, -0.2) is 9.67 Å². The van der Waals surface area contributed by atoms with E-state index in [4.69, 9.17) is 9.72 Å². The van der Waals surface area contributed by atoms with Gasteiger partial charge in [0.15, 0.2) is 5.82 Å². The van der Waals surface area contributed by atoms with Crippen LogP contribution in [-0.2, 0) is 6.54 Å². The van der Waals surface area contributed by atoms with E-state index in [9.17, 15) is 0 Å². The molecule has 1 aromatic carbocycles. The fourth-order valence-electron chi connectivity index (χ4n) is 2.84. The molecule has 26 heavy (non-hydrogen) atoms. The first-order chi connectivity index (χ1) is 12.4. The third-order valence-corrected chi connectivity index (χ3v) is 3.92. The number of hydrogen-bond donors (Lipinski definition) is 0. The van der Waals surface area contributed by atoms with Gasteiger partial charge in [0.25, 0.3) is 0 Å². The van der Waals surface area contributed by atoms with Crippen molar-refractivity contribution in [2.45, 2.75) is 40.3 Å². The molecule has 136 valence electrons. The maximum Gasteiger partial charge on any atom is 0.174 e. The molecule has 6 nitrogen and oxygen atoms in total. The number of aromatic nitrogens is 4. The summed E-state index contributed by atoms with van der Waals surface area (Å²) in [6, 6.07) is 10.2. The van der Waals surface area contributed by atoms with Gasteiger partial charge in [0, 0.05) is 19.3 Å². The van der Waals surface area contributed by atoms with Gasteiger partial charge in [-0.05, 0) is 51.5 Å². The second-order valence-corrected chi connectivity index (χ2v) is 6.74. The van der Waals surface area contributed by atoms with Gasteiger partial charge in [0.2, 0.25) is 0 Å². The monoisotopic (exact) mass is 351 g/mol. The summed E-state index contributed by atoms with van der Waals surface area (Å²) in [5.41, 5.74) is 3.16. The molecule has 0 atom stereocenters. The third-order valence-electron chi connectivity index (χ3n) is 3.92. The van der Waals surface area contributed by atoms with Gasteiger partial charge in [-0.1, -0.05) is 12.1 Å². The zero-order valence-electron chi connectivity index (χ0n) is 16.0. The van der Waals surface area contributed by atoms with Crippen LogP contribution in [0.4, 0.5) is 5.82 Å². The van der Waals surface area contributed by atoms with Crippen molar-refractivity contribution in [1.29, 1.82) is 0 Å². The van der Waals surface area contributed by atoms with Crippen LogP contribution >= 0.6 is 0 Å². The van der Waals surface area contributed by atoms with Crippen LogP contribution < -0.4 is 9.64 Å². The lowest BCUT2D eigenvalue weighted by Gasteiger charge is -2.19. The zero-order chi connectivity index (χ0) is 18.7. The molecule has 0 bridgehead atoms. The molecule has 0 radical (unpaired) electrons. The molecular formula is C20H25N5O. The van der Waals surface area contributed by atoms with Crippen molar-refractivity contribution in [2.24, 2.45) is 0 Å². The number of nitrogens with zero attached hydrogens (tertiary/aromatic N) is 5. The van der Waals surface area contributed by atoms with Crippen LogP contribution in [0, 0.1) is 13.8 Å². The van der Waals surface area contributed by atoms with E-state index < -0.39 is 0 Å². The Kier molecular flexibility index (Phi) is 5.21. The van der Waals surface area contributed by atoms with Gasteiger partial charge in [0.05, 0.1) is 24.2 Å². The van der Waals surface area contributed by atoms with E-state index in [-0.39, 0.29) is 6.10 Å². The van der Waals surface area contributed by atoms with E-state index in [0.29, 0.717) is 6.54 Å². The Labute approximate surface area is 154 Å². The number of ether oxygens (including phenoxy) is 1. The van der Waals surface area contributed by atoms with Gasteiger partial charge < -0.3 is 9.64 Å². The molecule has 0 unspecified atom stereocenters. The maximum atomic E-state index is 5.78. The highest BCUT2D eigenvalue weighted by Crippen LogP contribution is 2.19. The largest absolute Gasteiger partial charge is 0.491 e. The fourth-order valence-corrected chi connectivity index (χ4v) is 2.84. The quantitative estimate of drug-likeness (QED) is 0.678. The zero-order valence-corrected chi connectivity index (χ0v) is 16.0. The minimum atomic E-state index is 0.159. The Bertz CT molecular complexity index is 887. The predicted molar refractivity (Wildman–Crippen MR) is 103 cm³/mol. The molecule has 0 saturated carbocycles. The molecule has 0 spiro atoms. The molecule has 2 aromatic heterocycles. The first-order valence-corrected chi connectivity index (χ1v) is 8.75. The minimum Gasteiger partial charge on any atom is -0.491 e. The summed E-state index contributed by atoms with van der Waals surface area (Å²) in [6.07, 6.45) is 3.66. The Balaban J connectivity index is 1.79. The van der Waals surface area contributed by atoms with Crippen LogP contribution in [0.2, 0.25) is 0 Å². The minimum absolute atomic E-state index is 0.159. The van der Waals surface area contributed by atoms with E-state index in [1.54, 1.807) is 12.4 Å². The summed E-state index contributed by atoms with van der Waals surface area (Å²) in [5.74, 6) is 2.40. The van der Waals surface area contributed by atoms with Crippen molar-refractivity contribution in [2.75, 3.05) is 11.9 Å². The highest BCUT2D eigenvalue weighted by atomic mass is 16.5. The number of benzene rings is 1. The van der Waals surface area contributed by atoms with Crippen molar-refractivity contribution in [3.8, 4) is 11.6 Å². The Morgan fingerprint density at radius 3 is 2.65 bits per heavy atom. The Morgan fingerprint density at radius 1 is 1.15 bits per heavy atom. The highest BCUT2D eigenvalue weighted by molar-refractivity contribution is 5.41. The van der Waals surface area contributed by atoms with Crippen molar-refractivity contribution in [3.63, 3.8) is 0 Å². The van der Waals surface area contributed by atoms with Crippen molar-refractivity contribution in [1.82, 2.24) is 19.7 Å². The van der Waals surface area contributed by atoms with Crippen LogP contribution in [0.15, 0.2) is 42.7 Å². The lowest BCUT2D eigenvalue weighted by atomic mass is 10.2. The molecule has 6 heteroatoms. The third kappa shape index (κ3) is 4.20. The number of anilines is 1. The van der Waals surface area contributed by atoms with E-state index in [1.165, 1.54) is 0 Å². The van der Waals surface area contributed by atoms with Crippen LogP contribution in [0.3, 0.4) is 0 Å². The summed E-state index contributed by atoms with van der Waals surface area (Å²) in [7, 11) is 2.00. The van der Waals surface area contributed by atoms with E-state index in [2.05, 4.69) is 27.1 Å². The molecule has 2 heterocycles. The molecule has 0 aliphatic heterocycles. The summed E-state index contributed by atoms with van der Waals surface area (Å²) in [5, 5.41) is 4.48. The summed E-state index contributed by atoms with van der Waals surface area (Å²) in [4.78, 5) is 11.1. The second-order valence-electron chi connectivity index (χ2n) is 6.74. The molecule has 0 aliphatic rings. The molecule has 3 rings (SSSR count). The maximum absolute atomic E-state index is 5.78. The molecular weight excluding hydrogens is 326 g/mol. The van der Waals surface area contributed by atoms with E-state index in [1.807, 2.05) is 57.6 Å². The molecule has 0 fully saturated rings. The molecule has 0 saturated heterocycles. The molecule has 0 amide bonds. The van der Waals surface area contributed by atoms with Gasteiger partial charge in [0.1, 0.15) is 11.6 Å². The smallest absolute Gasteiger partial charge is 0.174 e. The summed E-state index contributed by atoms with van der Waals surface area (Å²) < 4.78 is 7.59. The van der Waals surface area contributed by atoms with Crippen molar-refractivity contribution < 1.29 is 4.74 Å². The van der Waals surface area contributed by atoms with Gasteiger partial charge >= 0.3 is 0 Å². The van der Waals surface area contributed by atoms with Crippen LogP contribution in [0.25, 0.3) is 5.82 Å². The fraction of sp³-hybridized carbons (Fsp3) is 0.350. The lowest BCUT2D eigenvalue weighted by Crippen LogP contribution is -2.19. The average molecular weight is 351 g/mol. The number of hydrogen-bond acceptors (Lipinski definition) is 5. The standard InChI is InChI=1S/C20H25N5O/c1-14(2)26-18-8-6-7-17(10-18)13-24(5)19-11-21-12-20(22-19)25-16(4)9-15(3)23-25/h6-12,14H,13H2,1-5H3. The normalized spacial score (nSPS) is 11.0. The van der Waals surface area contributed by atoms with Gasteiger partial charge in [-0.3, -0.25) is 4.98 Å². The Morgan fingerprint density at radius 2 is 1.96 bits per heavy atom. The molecule has 0 aliphatic carbocycles.